The summed E-state index contributed by atoms with van der Waals surface area (Å²) >= 11 is 0. The van der Waals surface area contributed by atoms with Crippen molar-refractivity contribution in [3.8, 4) is 0 Å². The number of ether oxygens (including phenoxy) is 1. The van der Waals surface area contributed by atoms with Crippen LogP contribution in [0.2, 0.25) is 0 Å². The first kappa shape index (κ1) is 16.0. The van der Waals surface area contributed by atoms with Crippen LogP contribution in [0.5, 0.6) is 0 Å². The second-order valence-corrected chi connectivity index (χ2v) is 5.10. The van der Waals surface area contributed by atoms with E-state index in [0.29, 0.717) is 13.0 Å². The minimum absolute atomic E-state index is 0.188. The molecule has 1 heterocycles. The van der Waals surface area contributed by atoms with Gasteiger partial charge in [0.15, 0.2) is 5.76 Å². The smallest absolute Gasteiger partial charge is 0.317 e. The molecule has 0 saturated heterocycles. The molecule has 0 radical (unpaired) electrons. The monoisotopic (exact) mass is 300 g/mol. The van der Waals surface area contributed by atoms with Crippen LogP contribution in [0, 0.1) is 5.92 Å². The predicted molar refractivity (Wildman–Crippen MR) is 82.5 cm³/mol. The van der Waals surface area contributed by atoms with E-state index in [0.717, 1.165) is 18.4 Å². The van der Waals surface area contributed by atoms with Crippen molar-refractivity contribution in [2.24, 2.45) is 5.92 Å². The van der Waals surface area contributed by atoms with Crippen molar-refractivity contribution in [2.45, 2.75) is 26.2 Å². The van der Waals surface area contributed by atoms with Gasteiger partial charge >= 0.3 is 5.97 Å². The zero-order valence-electron chi connectivity index (χ0n) is 12.7. The van der Waals surface area contributed by atoms with Gasteiger partial charge < -0.3 is 9.15 Å². The summed E-state index contributed by atoms with van der Waals surface area (Å²) in [6, 6.07) is 12.6. The van der Waals surface area contributed by atoms with Crippen LogP contribution in [0.3, 0.4) is 0 Å². The predicted octanol–water partition coefficient (Wildman–Crippen LogP) is 3.66. The van der Waals surface area contributed by atoms with E-state index in [9.17, 15) is 9.59 Å². The molecule has 0 N–H and O–H groups in total. The number of rotatable bonds is 8. The van der Waals surface area contributed by atoms with Crippen LogP contribution in [0.1, 0.15) is 35.9 Å². The van der Waals surface area contributed by atoms with E-state index in [1.807, 2.05) is 37.3 Å². The molecule has 1 unspecified atom stereocenters. The van der Waals surface area contributed by atoms with Crippen molar-refractivity contribution >= 4 is 11.8 Å². The molecular weight excluding hydrogens is 280 g/mol. The van der Waals surface area contributed by atoms with Gasteiger partial charge in [-0.15, -0.1) is 0 Å². The number of hydrogen-bond donors (Lipinski definition) is 0. The van der Waals surface area contributed by atoms with Crippen LogP contribution in [0.15, 0.2) is 53.1 Å². The fourth-order valence-corrected chi connectivity index (χ4v) is 2.14. The summed E-state index contributed by atoms with van der Waals surface area (Å²) in [5.41, 5.74) is 0.917. The summed E-state index contributed by atoms with van der Waals surface area (Å²) in [5, 5.41) is 0. The highest BCUT2D eigenvalue weighted by atomic mass is 16.5. The third kappa shape index (κ3) is 4.32. The summed E-state index contributed by atoms with van der Waals surface area (Å²) < 4.78 is 10.4. The Kier molecular flexibility index (Phi) is 5.95. The number of carbonyl (C=O) groups is 2. The summed E-state index contributed by atoms with van der Waals surface area (Å²) in [5.74, 6) is -1.51. The van der Waals surface area contributed by atoms with Gasteiger partial charge in [0, 0.05) is 0 Å². The van der Waals surface area contributed by atoms with Gasteiger partial charge in [0.2, 0.25) is 5.78 Å². The number of esters is 1. The molecule has 2 aromatic rings. The Balaban J connectivity index is 2.13. The van der Waals surface area contributed by atoms with E-state index in [4.69, 9.17) is 9.15 Å². The highest BCUT2D eigenvalue weighted by Crippen LogP contribution is 2.17. The van der Waals surface area contributed by atoms with Crippen LogP contribution < -0.4 is 0 Å². The molecule has 1 aromatic heterocycles. The lowest BCUT2D eigenvalue weighted by Gasteiger charge is -2.14. The summed E-state index contributed by atoms with van der Waals surface area (Å²) in [7, 11) is 0. The lowest BCUT2D eigenvalue weighted by molar-refractivity contribution is -0.146. The fraction of sp³-hybridized carbons (Fsp3) is 0.333. The third-order valence-electron chi connectivity index (χ3n) is 3.39. The number of carbonyl (C=O) groups excluding carboxylic acids is 2. The topological polar surface area (TPSA) is 56.5 Å². The van der Waals surface area contributed by atoms with Crippen LogP contribution in [0.25, 0.3) is 0 Å². The Hall–Kier alpha value is -2.36. The fourth-order valence-electron chi connectivity index (χ4n) is 2.14. The van der Waals surface area contributed by atoms with Crippen molar-refractivity contribution in [3.63, 3.8) is 0 Å². The Labute approximate surface area is 130 Å². The molecule has 22 heavy (non-hydrogen) atoms. The normalized spacial score (nSPS) is 11.9. The molecule has 0 aliphatic carbocycles. The standard InChI is InChI=1S/C18H20O4/c1-2-3-11-22-18(20)15(13-14-8-5-4-6-9-14)17(19)16-10-7-12-21-16/h4-10,12,15H,2-3,11,13H2,1H3. The molecule has 4 heteroatoms. The summed E-state index contributed by atoms with van der Waals surface area (Å²) in [6.07, 6.45) is 3.46. The van der Waals surface area contributed by atoms with E-state index in [2.05, 4.69) is 0 Å². The van der Waals surface area contributed by atoms with Crippen LogP contribution >= 0.6 is 0 Å². The van der Waals surface area contributed by atoms with Crippen molar-refractivity contribution in [1.82, 2.24) is 0 Å². The highest BCUT2D eigenvalue weighted by Gasteiger charge is 2.30. The quantitative estimate of drug-likeness (QED) is 0.323. The molecule has 0 saturated carbocycles. The molecular formula is C18H20O4. The average Bonchev–Trinajstić information content (AvgIpc) is 3.07. The molecule has 0 amide bonds. The molecule has 0 bridgehead atoms. The number of Topliss-reactive ketones (excluding diaryl/α,β-unsaturated/α-hetero) is 1. The van der Waals surface area contributed by atoms with Gasteiger partial charge in [-0.3, -0.25) is 9.59 Å². The van der Waals surface area contributed by atoms with E-state index < -0.39 is 11.9 Å². The molecule has 0 fully saturated rings. The molecule has 2 rings (SSSR count). The number of furan rings is 1. The second kappa shape index (κ2) is 8.17. The second-order valence-electron chi connectivity index (χ2n) is 5.10. The van der Waals surface area contributed by atoms with E-state index in [1.165, 1.54) is 6.26 Å². The summed E-state index contributed by atoms with van der Waals surface area (Å²) in [6.45, 7) is 2.36. The Morgan fingerprint density at radius 2 is 1.91 bits per heavy atom. The van der Waals surface area contributed by atoms with Gasteiger partial charge in [-0.1, -0.05) is 43.7 Å². The third-order valence-corrected chi connectivity index (χ3v) is 3.39. The first-order valence-corrected chi connectivity index (χ1v) is 7.50. The average molecular weight is 300 g/mol. The van der Waals surface area contributed by atoms with Crippen molar-refractivity contribution in [2.75, 3.05) is 6.61 Å². The highest BCUT2D eigenvalue weighted by molar-refractivity contribution is 6.07. The molecule has 1 atom stereocenters. The number of ketones is 1. The van der Waals surface area contributed by atoms with Crippen LogP contribution in [0.4, 0.5) is 0 Å². The first-order valence-electron chi connectivity index (χ1n) is 7.50. The zero-order chi connectivity index (χ0) is 15.8. The molecule has 0 aliphatic rings. The number of benzene rings is 1. The van der Waals surface area contributed by atoms with Crippen LogP contribution in [-0.2, 0) is 16.0 Å². The molecule has 4 nitrogen and oxygen atoms in total. The number of unbranched alkanes of at least 4 members (excludes halogenated alkanes) is 1. The van der Waals surface area contributed by atoms with Gasteiger partial charge in [0.1, 0.15) is 5.92 Å². The van der Waals surface area contributed by atoms with E-state index >= 15 is 0 Å². The maximum Gasteiger partial charge on any atom is 0.317 e. The lowest BCUT2D eigenvalue weighted by Crippen LogP contribution is -2.28. The van der Waals surface area contributed by atoms with Crippen molar-refractivity contribution in [1.29, 1.82) is 0 Å². The van der Waals surface area contributed by atoms with Gasteiger partial charge in [-0.25, -0.2) is 0 Å². The first-order chi connectivity index (χ1) is 10.7. The van der Waals surface area contributed by atoms with Gasteiger partial charge in [0.25, 0.3) is 0 Å². The van der Waals surface area contributed by atoms with Gasteiger partial charge in [-0.05, 0) is 30.5 Å². The molecule has 1 aromatic carbocycles. The Morgan fingerprint density at radius 1 is 1.14 bits per heavy atom. The van der Waals surface area contributed by atoms with E-state index in [-0.39, 0.29) is 11.5 Å². The minimum Gasteiger partial charge on any atom is -0.465 e. The molecule has 0 aliphatic heterocycles. The SMILES string of the molecule is CCCCOC(=O)C(Cc1ccccc1)C(=O)c1ccco1. The van der Waals surface area contributed by atoms with Crippen LogP contribution in [-0.4, -0.2) is 18.4 Å². The largest absolute Gasteiger partial charge is 0.465 e. The zero-order valence-corrected chi connectivity index (χ0v) is 12.7. The van der Waals surface area contributed by atoms with Gasteiger partial charge in [-0.2, -0.15) is 0 Å². The maximum absolute atomic E-state index is 12.5. The number of hydrogen-bond acceptors (Lipinski definition) is 4. The van der Waals surface area contributed by atoms with Gasteiger partial charge in [0.05, 0.1) is 12.9 Å². The lowest BCUT2D eigenvalue weighted by atomic mass is 9.94. The Bertz CT molecular complexity index is 587. The van der Waals surface area contributed by atoms with Crippen molar-refractivity contribution in [3.05, 3.63) is 60.1 Å². The van der Waals surface area contributed by atoms with Crippen molar-refractivity contribution < 1.29 is 18.7 Å². The minimum atomic E-state index is -0.870. The Morgan fingerprint density at radius 3 is 2.55 bits per heavy atom. The molecule has 116 valence electrons. The summed E-state index contributed by atoms with van der Waals surface area (Å²) in [4.78, 5) is 24.8. The molecule has 0 spiro atoms. The van der Waals surface area contributed by atoms with E-state index in [1.54, 1.807) is 12.1 Å². The maximum atomic E-state index is 12.5.